The topological polar surface area (TPSA) is 32.7 Å². The highest BCUT2D eigenvalue weighted by atomic mass is 79.9. The zero-order chi connectivity index (χ0) is 14.3. The van der Waals surface area contributed by atoms with Gasteiger partial charge in [-0.1, -0.05) is 15.9 Å². The Bertz CT molecular complexity index is 495. The van der Waals surface area contributed by atoms with Crippen molar-refractivity contribution in [3.8, 4) is 5.75 Å². The minimum absolute atomic E-state index is 0.175. The van der Waals surface area contributed by atoms with Gasteiger partial charge < -0.3 is 14.7 Å². The number of aliphatic hydroxyl groups excluding tert-OH is 1. The lowest BCUT2D eigenvalue weighted by Crippen LogP contribution is -2.51. The summed E-state index contributed by atoms with van der Waals surface area (Å²) in [6, 6.07) is 6.51. The number of piperidine rings is 1. The van der Waals surface area contributed by atoms with Crippen LogP contribution in [-0.4, -0.2) is 34.7 Å². The van der Waals surface area contributed by atoms with Crippen LogP contribution in [0.25, 0.3) is 0 Å². The summed E-state index contributed by atoms with van der Waals surface area (Å²) in [5, 5.41) is 10.5. The SMILES string of the molecule is CC(C)N1CCC2(CC1)C[C@H](O)c1cc(Br)ccc1O2. The average molecular weight is 340 g/mol. The van der Waals surface area contributed by atoms with E-state index in [1.807, 2.05) is 18.2 Å². The number of likely N-dealkylation sites (tertiary alicyclic amines) is 1. The van der Waals surface area contributed by atoms with Crippen LogP contribution in [0, 0.1) is 0 Å². The third-order valence-corrected chi connectivity index (χ3v) is 5.16. The van der Waals surface area contributed by atoms with Gasteiger partial charge in [0.05, 0.1) is 6.10 Å². The van der Waals surface area contributed by atoms with Gasteiger partial charge in [0.2, 0.25) is 0 Å². The van der Waals surface area contributed by atoms with Crippen molar-refractivity contribution in [2.75, 3.05) is 13.1 Å². The highest BCUT2D eigenvalue weighted by molar-refractivity contribution is 9.10. The van der Waals surface area contributed by atoms with Crippen molar-refractivity contribution in [1.29, 1.82) is 0 Å². The third-order valence-electron chi connectivity index (χ3n) is 4.66. The summed E-state index contributed by atoms with van der Waals surface area (Å²) in [5.41, 5.74) is 0.738. The molecule has 4 heteroatoms. The van der Waals surface area contributed by atoms with Crippen LogP contribution in [0.5, 0.6) is 5.75 Å². The lowest BCUT2D eigenvalue weighted by molar-refractivity contribution is -0.0580. The van der Waals surface area contributed by atoms with E-state index in [1.165, 1.54) is 0 Å². The quantitative estimate of drug-likeness (QED) is 0.849. The molecule has 2 aliphatic rings. The molecule has 0 bridgehead atoms. The summed E-state index contributed by atoms with van der Waals surface area (Å²) in [4.78, 5) is 2.48. The molecule has 0 aromatic heterocycles. The first kappa shape index (κ1) is 14.4. The smallest absolute Gasteiger partial charge is 0.126 e. The molecule has 0 amide bonds. The largest absolute Gasteiger partial charge is 0.487 e. The molecule has 1 fully saturated rings. The van der Waals surface area contributed by atoms with E-state index >= 15 is 0 Å². The van der Waals surface area contributed by atoms with Crippen LogP contribution in [0.4, 0.5) is 0 Å². The van der Waals surface area contributed by atoms with Gasteiger partial charge in [0.1, 0.15) is 11.4 Å². The molecule has 1 aromatic rings. The molecule has 1 N–H and O–H groups in total. The predicted molar refractivity (Wildman–Crippen MR) is 83.0 cm³/mol. The Morgan fingerprint density at radius 2 is 2.05 bits per heavy atom. The molecule has 1 aromatic carbocycles. The lowest BCUT2D eigenvalue weighted by Gasteiger charge is -2.46. The Morgan fingerprint density at radius 1 is 1.35 bits per heavy atom. The minimum atomic E-state index is -0.415. The van der Waals surface area contributed by atoms with Gasteiger partial charge in [-0.2, -0.15) is 0 Å². The third kappa shape index (κ3) is 2.61. The van der Waals surface area contributed by atoms with Crippen LogP contribution in [-0.2, 0) is 0 Å². The van der Waals surface area contributed by atoms with Gasteiger partial charge >= 0.3 is 0 Å². The molecule has 1 atom stereocenters. The molecule has 0 unspecified atom stereocenters. The maximum Gasteiger partial charge on any atom is 0.126 e. The van der Waals surface area contributed by atoms with Gasteiger partial charge in [-0.25, -0.2) is 0 Å². The summed E-state index contributed by atoms with van der Waals surface area (Å²) < 4.78 is 7.30. The number of halogens is 1. The molecule has 2 aliphatic heterocycles. The van der Waals surface area contributed by atoms with Crippen molar-refractivity contribution in [2.24, 2.45) is 0 Å². The number of aliphatic hydroxyl groups is 1. The molecule has 2 heterocycles. The second-order valence-corrected chi connectivity index (χ2v) is 7.23. The summed E-state index contributed by atoms with van der Waals surface area (Å²) in [6.07, 6.45) is 2.29. The van der Waals surface area contributed by atoms with Crippen molar-refractivity contribution in [3.05, 3.63) is 28.2 Å². The van der Waals surface area contributed by atoms with E-state index in [4.69, 9.17) is 4.74 Å². The van der Waals surface area contributed by atoms with E-state index in [-0.39, 0.29) is 5.60 Å². The average Bonchev–Trinajstić information content (AvgIpc) is 2.40. The molecule has 0 aliphatic carbocycles. The fraction of sp³-hybridized carbons (Fsp3) is 0.625. The molecule has 1 saturated heterocycles. The van der Waals surface area contributed by atoms with E-state index in [9.17, 15) is 5.11 Å². The second kappa shape index (κ2) is 5.32. The molecular weight excluding hydrogens is 318 g/mol. The second-order valence-electron chi connectivity index (χ2n) is 6.32. The minimum Gasteiger partial charge on any atom is -0.487 e. The summed E-state index contributed by atoms with van der Waals surface area (Å²) in [6.45, 7) is 6.58. The zero-order valence-corrected chi connectivity index (χ0v) is 13.7. The van der Waals surface area contributed by atoms with Gasteiger partial charge in [-0.3, -0.25) is 0 Å². The van der Waals surface area contributed by atoms with Crippen molar-refractivity contribution in [2.45, 2.75) is 50.9 Å². The number of hydrogen-bond donors (Lipinski definition) is 1. The van der Waals surface area contributed by atoms with Gasteiger partial charge in [-0.05, 0) is 44.9 Å². The molecule has 20 heavy (non-hydrogen) atoms. The number of rotatable bonds is 1. The van der Waals surface area contributed by atoms with Crippen LogP contribution in [0.2, 0.25) is 0 Å². The number of ether oxygens (including phenoxy) is 1. The van der Waals surface area contributed by atoms with E-state index in [1.54, 1.807) is 0 Å². The van der Waals surface area contributed by atoms with Crippen LogP contribution < -0.4 is 4.74 Å². The maximum atomic E-state index is 10.5. The summed E-state index contributed by atoms with van der Waals surface area (Å²) in [5.74, 6) is 0.852. The van der Waals surface area contributed by atoms with E-state index in [2.05, 4.69) is 34.7 Å². The molecule has 0 saturated carbocycles. The monoisotopic (exact) mass is 339 g/mol. The van der Waals surface area contributed by atoms with Crippen molar-refractivity contribution in [3.63, 3.8) is 0 Å². The Kier molecular flexibility index (Phi) is 3.82. The van der Waals surface area contributed by atoms with Crippen molar-refractivity contribution >= 4 is 15.9 Å². The zero-order valence-electron chi connectivity index (χ0n) is 12.1. The Balaban J connectivity index is 1.80. The predicted octanol–water partition coefficient (Wildman–Crippen LogP) is 3.51. The highest BCUT2D eigenvalue weighted by Crippen LogP contribution is 2.45. The number of nitrogens with zero attached hydrogens (tertiary/aromatic N) is 1. The van der Waals surface area contributed by atoms with Crippen LogP contribution >= 0.6 is 15.9 Å². The molecule has 3 rings (SSSR count). The normalized spacial score (nSPS) is 25.6. The van der Waals surface area contributed by atoms with E-state index in [0.29, 0.717) is 12.5 Å². The molecule has 0 radical (unpaired) electrons. The Morgan fingerprint density at radius 3 is 2.70 bits per heavy atom. The summed E-state index contributed by atoms with van der Waals surface area (Å²) >= 11 is 3.46. The van der Waals surface area contributed by atoms with Crippen molar-refractivity contribution < 1.29 is 9.84 Å². The Hall–Kier alpha value is -0.580. The maximum absolute atomic E-state index is 10.5. The first-order chi connectivity index (χ1) is 9.49. The molecule has 1 spiro atoms. The first-order valence-electron chi connectivity index (χ1n) is 7.40. The van der Waals surface area contributed by atoms with Gasteiger partial charge in [0.25, 0.3) is 0 Å². The van der Waals surface area contributed by atoms with Crippen LogP contribution in [0.15, 0.2) is 22.7 Å². The molecule has 3 nitrogen and oxygen atoms in total. The summed E-state index contributed by atoms with van der Waals surface area (Å²) in [7, 11) is 0. The number of fused-ring (bicyclic) bond motifs is 1. The highest BCUT2D eigenvalue weighted by Gasteiger charge is 2.43. The van der Waals surface area contributed by atoms with Crippen LogP contribution in [0.3, 0.4) is 0 Å². The fourth-order valence-corrected chi connectivity index (χ4v) is 3.74. The Labute approximate surface area is 129 Å². The van der Waals surface area contributed by atoms with Crippen LogP contribution in [0.1, 0.15) is 44.8 Å². The molecular formula is C16H22BrNO2. The van der Waals surface area contributed by atoms with E-state index in [0.717, 1.165) is 41.7 Å². The van der Waals surface area contributed by atoms with Gasteiger partial charge in [-0.15, -0.1) is 0 Å². The lowest BCUT2D eigenvalue weighted by atomic mass is 9.81. The van der Waals surface area contributed by atoms with Crippen molar-refractivity contribution in [1.82, 2.24) is 4.90 Å². The number of benzene rings is 1. The number of hydrogen-bond acceptors (Lipinski definition) is 3. The van der Waals surface area contributed by atoms with Gasteiger partial charge in [0, 0.05) is 35.6 Å². The van der Waals surface area contributed by atoms with Gasteiger partial charge in [0.15, 0.2) is 0 Å². The standard InChI is InChI=1S/C16H22BrNO2/c1-11(2)18-7-5-16(6-8-18)10-14(19)13-9-12(17)3-4-15(13)20-16/h3-4,9,11,14,19H,5-8,10H2,1-2H3/t14-/m0/s1. The fourth-order valence-electron chi connectivity index (χ4n) is 3.36. The van der Waals surface area contributed by atoms with E-state index < -0.39 is 6.10 Å². The first-order valence-corrected chi connectivity index (χ1v) is 8.19. The molecule has 110 valence electrons.